The van der Waals surface area contributed by atoms with E-state index in [1.807, 2.05) is 0 Å². The van der Waals surface area contributed by atoms with Crippen molar-refractivity contribution < 1.29 is 22.1 Å². The van der Waals surface area contributed by atoms with Crippen molar-refractivity contribution in [3.8, 4) is 11.1 Å². The Balaban J connectivity index is 1.29. The number of benzene rings is 6. The van der Waals surface area contributed by atoms with Crippen molar-refractivity contribution in [2.24, 2.45) is 0 Å². The molecule has 212 valence electrons. The summed E-state index contributed by atoms with van der Waals surface area (Å²) in [5.74, 6) is -0.837. The van der Waals surface area contributed by atoms with E-state index in [0.717, 1.165) is 0 Å². The van der Waals surface area contributed by atoms with E-state index >= 15 is 0 Å². The summed E-state index contributed by atoms with van der Waals surface area (Å²) in [6.07, 6.45) is 9.65. The molecule has 0 saturated heterocycles. The Morgan fingerprint density at radius 3 is 1.60 bits per heavy atom. The molecule has 3 unspecified atom stereocenters. The minimum absolute atomic E-state index is 0.265. The first kappa shape index (κ1) is 27.2. The molecule has 2 heteroatoms. The molecule has 3 aliphatic rings. The van der Waals surface area contributed by atoms with Crippen molar-refractivity contribution in [1.82, 2.24) is 0 Å². The van der Waals surface area contributed by atoms with Crippen LogP contribution in [0.4, 0.5) is 0 Å². The van der Waals surface area contributed by atoms with Gasteiger partial charge in [-0.05, 0) is 0 Å². The predicted octanol–water partition coefficient (Wildman–Crippen LogP) is 8.69. The SMILES string of the molecule is C1=CC(c2ccc3c(c2C2C=Cc4ccccc42)[CH]([Hf][SiH](c2ccccc2)c2ccccc2)c2ccccc2-3)c2ccccc21. The molecule has 0 aromatic heterocycles. The van der Waals surface area contributed by atoms with Gasteiger partial charge in [0.15, 0.2) is 0 Å². The van der Waals surface area contributed by atoms with Crippen LogP contribution >= 0.6 is 0 Å². The van der Waals surface area contributed by atoms with Gasteiger partial charge in [-0.25, -0.2) is 0 Å². The molecule has 0 bridgehead atoms. The van der Waals surface area contributed by atoms with E-state index in [1.54, 1.807) is 27.1 Å². The molecule has 3 aliphatic carbocycles. The van der Waals surface area contributed by atoms with Crippen LogP contribution in [0, 0.1) is 0 Å². The molecule has 45 heavy (non-hydrogen) atoms. The molecular weight excluding hydrogens is 723 g/mol. The quantitative estimate of drug-likeness (QED) is 0.149. The number of rotatable bonds is 6. The van der Waals surface area contributed by atoms with E-state index in [4.69, 9.17) is 0 Å². The summed E-state index contributed by atoms with van der Waals surface area (Å²) in [7, 11) is 0. The van der Waals surface area contributed by atoms with E-state index in [2.05, 4.69) is 170 Å². The molecule has 0 nitrogen and oxygen atoms in total. The first-order chi connectivity index (χ1) is 22.3. The fourth-order valence-electron chi connectivity index (χ4n) is 8.00. The fourth-order valence-corrected chi connectivity index (χ4v) is 28.3. The second kappa shape index (κ2) is 11.4. The van der Waals surface area contributed by atoms with Crippen LogP contribution in [0.25, 0.3) is 23.3 Å². The van der Waals surface area contributed by atoms with E-state index in [-0.39, 0.29) is 11.8 Å². The van der Waals surface area contributed by atoms with Crippen LogP contribution in [0.1, 0.15) is 60.0 Å². The van der Waals surface area contributed by atoms with Gasteiger partial charge in [0.25, 0.3) is 0 Å². The van der Waals surface area contributed by atoms with E-state index in [9.17, 15) is 0 Å². The zero-order valence-electron chi connectivity index (χ0n) is 25.0. The normalized spacial score (nSPS) is 18.5. The van der Waals surface area contributed by atoms with Crippen molar-refractivity contribution in [1.29, 1.82) is 0 Å². The zero-order valence-corrected chi connectivity index (χ0v) is 29.7. The van der Waals surface area contributed by atoms with Gasteiger partial charge < -0.3 is 0 Å². The molecule has 0 heterocycles. The van der Waals surface area contributed by atoms with Crippen molar-refractivity contribution in [2.75, 3.05) is 0 Å². The van der Waals surface area contributed by atoms with Crippen LogP contribution in [-0.2, 0) is 22.1 Å². The molecule has 0 amide bonds. The van der Waals surface area contributed by atoms with Crippen LogP contribution in [0.3, 0.4) is 0 Å². The molecule has 0 spiro atoms. The molecule has 0 N–H and O–H groups in total. The van der Waals surface area contributed by atoms with Gasteiger partial charge in [-0.15, -0.1) is 0 Å². The van der Waals surface area contributed by atoms with Gasteiger partial charge in [0.1, 0.15) is 0 Å². The summed E-state index contributed by atoms with van der Waals surface area (Å²) < 4.78 is 0.532. The second-order valence-electron chi connectivity index (χ2n) is 12.4. The summed E-state index contributed by atoms with van der Waals surface area (Å²) in [5, 5.41) is 3.21. The zero-order chi connectivity index (χ0) is 29.7. The number of hydrogen-bond acceptors (Lipinski definition) is 0. The van der Waals surface area contributed by atoms with Gasteiger partial charge in [0.2, 0.25) is 0 Å². The maximum atomic E-state index is 2.49. The Morgan fingerprint density at radius 2 is 0.933 bits per heavy atom. The third-order valence-corrected chi connectivity index (χ3v) is 29.3. The standard InChI is InChI=1S/C31H21.C12H11Si.Hf/c1-4-10-23-20(7-1)13-15-26(23)29-18-17-27-25-12-6-3-9-22(25)19-30(27)31(29)28-16-14-21-8-2-5-11-24(21)28;1-3-7-11(8-4-1)13-12-9-5-2-6-10-12;/h1-19,26,28H;1-10,13H;. The summed E-state index contributed by atoms with van der Waals surface area (Å²) in [4.78, 5) is 0. The third-order valence-electron chi connectivity index (χ3n) is 10.0. The van der Waals surface area contributed by atoms with Crippen molar-refractivity contribution in [2.45, 2.75) is 15.5 Å². The van der Waals surface area contributed by atoms with Crippen LogP contribution < -0.4 is 10.4 Å². The summed E-state index contributed by atoms with van der Waals surface area (Å²) >= 11 is -1.35. The molecule has 0 radical (unpaired) electrons. The molecule has 6 aromatic carbocycles. The second-order valence-corrected chi connectivity index (χ2v) is 26.8. The number of allylic oxidation sites excluding steroid dienone is 2. The van der Waals surface area contributed by atoms with Gasteiger partial charge >= 0.3 is 279 Å². The molecule has 0 aliphatic heterocycles. The van der Waals surface area contributed by atoms with Crippen LogP contribution in [-0.4, -0.2) is 5.98 Å². The first-order valence-corrected chi connectivity index (χ1v) is 26.0. The van der Waals surface area contributed by atoms with E-state index in [0.29, 0.717) is 3.67 Å². The average Bonchev–Trinajstić information content (AvgIpc) is 3.82. The minimum atomic E-state index is -1.38. The van der Waals surface area contributed by atoms with Crippen LogP contribution in [0.2, 0.25) is 0 Å². The summed E-state index contributed by atoms with van der Waals surface area (Å²) in [5.41, 5.74) is 14.8. The molecule has 3 atom stereocenters. The van der Waals surface area contributed by atoms with Gasteiger partial charge in [0, 0.05) is 0 Å². The Kier molecular flexibility index (Phi) is 6.87. The fraction of sp³-hybridized carbons (Fsp3) is 0.0698. The monoisotopic (exact) mass is 756 g/mol. The van der Waals surface area contributed by atoms with Crippen molar-refractivity contribution in [3.63, 3.8) is 0 Å². The van der Waals surface area contributed by atoms with E-state index < -0.39 is 28.1 Å². The van der Waals surface area contributed by atoms with Crippen molar-refractivity contribution >= 4 is 28.5 Å². The van der Waals surface area contributed by atoms with Gasteiger partial charge in [0.05, 0.1) is 0 Å². The molecular formula is C43H32HfSi. The summed E-state index contributed by atoms with van der Waals surface area (Å²) in [6.45, 7) is 0. The Bertz CT molecular complexity index is 2070. The van der Waals surface area contributed by atoms with Gasteiger partial charge in [-0.1, -0.05) is 0 Å². The average molecular weight is 755 g/mol. The molecule has 0 fully saturated rings. The predicted molar refractivity (Wildman–Crippen MR) is 188 cm³/mol. The van der Waals surface area contributed by atoms with Crippen molar-refractivity contribution in [3.05, 3.63) is 202 Å². The maximum absolute atomic E-state index is 2.49. The topological polar surface area (TPSA) is 0 Å². The Hall–Kier alpha value is -4.11. The molecule has 9 rings (SSSR count). The Labute approximate surface area is 277 Å². The van der Waals surface area contributed by atoms with Gasteiger partial charge in [-0.3, -0.25) is 0 Å². The summed E-state index contributed by atoms with van der Waals surface area (Å²) in [6, 6.07) is 55.5. The Morgan fingerprint density at radius 1 is 0.400 bits per heavy atom. The van der Waals surface area contributed by atoms with E-state index in [1.165, 1.54) is 38.9 Å². The molecule has 0 saturated carbocycles. The molecule has 6 aromatic rings. The number of fused-ring (bicyclic) bond motifs is 5. The van der Waals surface area contributed by atoms with Crippen LogP contribution in [0.5, 0.6) is 0 Å². The number of hydrogen-bond donors (Lipinski definition) is 0. The third kappa shape index (κ3) is 4.57. The first-order valence-electron chi connectivity index (χ1n) is 16.0. The van der Waals surface area contributed by atoms with Crippen LogP contribution in [0.15, 0.2) is 158 Å². The van der Waals surface area contributed by atoms with Gasteiger partial charge in [-0.2, -0.15) is 0 Å².